The Morgan fingerprint density at radius 2 is 1.58 bits per heavy atom. The fraction of sp³-hybridized carbons (Fsp3) is 0.375. The number of thioether (sulfide) groups is 1. The second-order valence-corrected chi connectivity index (χ2v) is 11.8. The Kier molecular flexibility index (Phi) is 10.3. The van der Waals surface area contributed by atoms with Crippen molar-refractivity contribution < 1.29 is 9.59 Å². The first-order valence-electron chi connectivity index (χ1n) is 13.4. The third-order valence-corrected chi connectivity index (χ3v) is 8.26. The van der Waals surface area contributed by atoms with Crippen LogP contribution in [0.25, 0.3) is 0 Å². The summed E-state index contributed by atoms with van der Waals surface area (Å²) in [6.07, 6.45) is 4.75. The van der Waals surface area contributed by atoms with Crippen LogP contribution in [0.2, 0.25) is 5.02 Å². The van der Waals surface area contributed by atoms with E-state index in [0.29, 0.717) is 23.7 Å². The van der Waals surface area contributed by atoms with Gasteiger partial charge in [0, 0.05) is 29.8 Å². The molecule has 2 amide bonds. The molecule has 0 heterocycles. The first-order chi connectivity index (χ1) is 18.4. The summed E-state index contributed by atoms with van der Waals surface area (Å²) in [5.41, 5.74) is 5.65. The van der Waals surface area contributed by atoms with Crippen LogP contribution in [0.15, 0.2) is 72.8 Å². The maximum atomic E-state index is 13.8. The predicted octanol–water partition coefficient (Wildman–Crippen LogP) is 6.89. The Bertz CT molecular complexity index is 1190. The monoisotopic (exact) mass is 548 g/mol. The number of carbonyl (C=O) groups excluding carboxylic acids is 2. The van der Waals surface area contributed by atoms with Crippen molar-refractivity contribution in [2.45, 2.75) is 70.3 Å². The van der Waals surface area contributed by atoms with E-state index < -0.39 is 6.04 Å². The number of hydrogen-bond acceptors (Lipinski definition) is 3. The van der Waals surface area contributed by atoms with E-state index in [1.54, 1.807) is 16.7 Å². The van der Waals surface area contributed by atoms with Gasteiger partial charge in [-0.3, -0.25) is 9.59 Å². The summed E-state index contributed by atoms with van der Waals surface area (Å²) in [6.45, 7) is 4.55. The van der Waals surface area contributed by atoms with Crippen LogP contribution >= 0.6 is 23.4 Å². The SMILES string of the molecule is Cc1cc(C)cc(CSCC(=O)N(Cc2ccc(Cl)cc2)[C@@H](Cc2ccccc2)C(=O)NC2CCCC2)c1. The summed E-state index contributed by atoms with van der Waals surface area (Å²) in [7, 11) is 0. The summed E-state index contributed by atoms with van der Waals surface area (Å²) < 4.78 is 0. The minimum Gasteiger partial charge on any atom is -0.352 e. The molecule has 0 bridgehead atoms. The molecule has 0 aliphatic heterocycles. The zero-order valence-corrected chi connectivity index (χ0v) is 23.9. The number of rotatable bonds is 11. The molecule has 1 fully saturated rings. The molecular formula is C32H37ClN2O2S. The van der Waals surface area contributed by atoms with E-state index in [2.05, 4.69) is 37.4 Å². The van der Waals surface area contributed by atoms with Crippen molar-refractivity contribution in [3.8, 4) is 0 Å². The topological polar surface area (TPSA) is 49.4 Å². The van der Waals surface area contributed by atoms with Gasteiger partial charge in [0.2, 0.25) is 11.8 Å². The Hall–Kier alpha value is -2.76. The minimum atomic E-state index is -0.594. The third-order valence-electron chi connectivity index (χ3n) is 7.01. The van der Waals surface area contributed by atoms with Gasteiger partial charge in [0.25, 0.3) is 0 Å². The lowest BCUT2D eigenvalue weighted by Crippen LogP contribution is -2.52. The highest BCUT2D eigenvalue weighted by molar-refractivity contribution is 7.99. The summed E-state index contributed by atoms with van der Waals surface area (Å²) in [6, 6.07) is 23.6. The Balaban J connectivity index is 1.56. The molecule has 200 valence electrons. The minimum absolute atomic E-state index is 0.0307. The number of halogens is 1. The molecule has 3 aromatic carbocycles. The third kappa shape index (κ3) is 8.37. The standard InChI is InChI=1S/C32H37ClN2O2S/c1-23-16-24(2)18-27(17-23)21-38-22-31(36)35(20-26-12-14-28(33)15-13-26)30(19-25-8-4-3-5-9-25)32(37)34-29-10-6-7-11-29/h3-5,8-9,12-18,29-30H,6-7,10-11,19-22H2,1-2H3,(H,34,37)/t30-/m0/s1. The number of nitrogens with one attached hydrogen (secondary N) is 1. The van der Waals surface area contributed by atoms with Gasteiger partial charge in [-0.15, -0.1) is 11.8 Å². The van der Waals surface area contributed by atoms with E-state index in [-0.39, 0.29) is 17.9 Å². The average Bonchev–Trinajstić information content (AvgIpc) is 3.40. The number of benzene rings is 3. The molecule has 0 saturated heterocycles. The van der Waals surface area contributed by atoms with Gasteiger partial charge in [-0.2, -0.15) is 0 Å². The molecule has 1 N–H and O–H groups in total. The van der Waals surface area contributed by atoms with Gasteiger partial charge >= 0.3 is 0 Å². The molecule has 6 heteroatoms. The molecule has 4 rings (SSSR count). The molecule has 1 saturated carbocycles. The lowest BCUT2D eigenvalue weighted by molar-refractivity contribution is -0.139. The van der Waals surface area contributed by atoms with Gasteiger partial charge < -0.3 is 10.2 Å². The number of amides is 2. The Morgan fingerprint density at radius 3 is 2.24 bits per heavy atom. The van der Waals surface area contributed by atoms with Crippen LogP contribution in [0.5, 0.6) is 0 Å². The van der Waals surface area contributed by atoms with Crippen LogP contribution in [0.4, 0.5) is 0 Å². The molecule has 38 heavy (non-hydrogen) atoms. The summed E-state index contributed by atoms with van der Waals surface area (Å²) in [5.74, 6) is 0.961. The van der Waals surface area contributed by atoms with Gasteiger partial charge in [-0.05, 0) is 55.5 Å². The van der Waals surface area contributed by atoms with Crippen molar-refractivity contribution >= 4 is 35.2 Å². The molecule has 4 nitrogen and oxygen atoms in total. The number of hydrogen-bond donors (Lipinski definition) is 1. The summed E-state index contributed by atoms with van der Waals surface area (Å²) in [4.78, 5) is 29.3. The lowest BCUT2D eigenvalue weighted by Gasteiger charge is -2.32. The highest BCUT2D eigenvalue weighted by atomic mass is 35.5. The molecule has 0 radical (unpaired) electrons. The maximum absolute atomic E-state index is 13.8. The summed E-state index contributed by atoms with van der Waals surface area (Å²) in [5, 5.41) is 3.91. The van der Waals surface area contributed by atoms with Crippen molar-refractivity contribution in [1.82, 2.24) is 10.2 Å². The Morgan fingerprint density at radius 1 is 0.921 bits per heavy atom. The van der Waals surface area contributed by atoms with E-state index in [1.165, 1.54) is 16.7 Å². The number of aryl methyl sites for hydroxylation is 2. The molecule has 0 unspecified atom stereocenters. The highest BCUT2D eigenvalue weighted by Crippen LogP contribution is 2.22. The van der Waals surface area contributed by atoms with Gasteiger partial charge in [-0.25, -0.2) is 0 Å². The van der Waals surface area contributed by atoms with Crippen LogP contribution in [-0.2, 0) is 28.3 Å². The number of nitrogens with zero attached hydrogens (tertiary/aromatic N) is 1. The zero-order chi connectivity index (χ0) is 26.9. The molecule has 0 spiro atoms. The van der Waals surface area contributed by atoms with Crippen LogP contribution in [0, 0.1) is 13.8 Å². The van der Waals surface area contributed by atoms with Crippen molar-refractivity contribution in [3.05, 3.63) is 106 Å². The van der Waals surface area contributed by atoms with E-state index in [1.807, 2.05) is 54.6 Å². The molecular weight excluding hydrogens is 512 g/mol. The van der Waals surface area contributed by atoms with E-state index in [9.17, 15) is 9.59 Å². The normalized spacial score (nSPS) is 14.3. The van der Waals surface area contributed by atoms with Gasteiger partial charge in [0.05, 0.1) is 5.75 Å². The van der Waals surface area contributed by atoms with Gasteiger partial charge in [0.15, 0.2) is 0 Å². The molecule has 1 aliphatic rings. The van der Waals surface area contributed by atoms with Gasteiger partial charge in [-0.1, -0.05) is 96.2 Å². The van der Waals surface area contributed by atoms with Crippen molar-refractivity contribution in [2.75, 3.05) is 5.75 Å². The first kappa shape index (κ1) is 28.3. The quantitative estimate of drug-likeness (QED) is 0.284. The number of carbonyl (C=O) groups is 2. The van der Waals surface area contributed by atoms with Crippen molar-refractivity contribution in [2.24, 2.45) is 0 Å². The van der Waals surface area contributed by atoms with Crippen LogP contribution in [-0.4, -0.2) is 34.6 Å². The zero-order valence-electron chi connectivity index (χ0n) is 22.3. The fourth-order valence-electron chi connectivity index (χ4n) is 5.20. The highest BCUT2D eigenvalue weighted by Gasteiger charge is 2.32. The smallest absolute Gasteiger partial charge is 0.243 e. The second kappa shape index (κ2) is 13.9. The van der Waals surface area contributed by atoms with Crippen LogP contribution in [0.1, 0.15) is 53.5 Å². The Labute approximate surface area is 236 Å². The molecule has 1 aliphatic carbocycles. The molecule has 0 aromatic heterocycles. The van der Waals surface area contributed by atoms with Gasteiger partial charge in [0.1, 0.15) is 6.04 Å². The van der Waals surface area contributed by atoms with E-state index in [4.69, 9.17) is 11.6 Å². The lowest BCUT2D eigenvalue weighted by atomic mass is 10.0. The predicted molar refractivity (Wildman–Crippen MR) is 158 cm³/mol. The van der Waals surface area contributed by atoms with Crippen LogP contribution in [0.3, 0.4) is 0 Å². The van der Waals surface area contributed by atoms with Crippen LogP contribution < -0.4 is 5.32 Å². The summed E-state index contributed by atoms with van der Waals surface area (Å²) >= 11 is 7.72. The molecule has 1 atom stereocenters. The maximum Gasteiger partial charge on any atom is 0.243 e. The van der Waals surface area contributed by atoms with E-state index >= 15 is 0 Å². The first-order valence-corrected chi connectivity index (χ1v) is 14.9. The van der Waals surface area contributed by atoms with Crippen molar-refractivity contribution in [3.63, 3.8) is 0 Å². The second-order valence-electron chi connectivity index (χ2n) is 10.3. The average molecular weight is 549 g/mol. The van der Waals surface area contributed by atoms with Crippen molar-refractivity contribution in [1.29, 1.82) is 0 Å². The van der Waals surface area contributed by atoms with E-state index in [0.717, 1.165) is 42.6 Å². The largest absolute Gasteiger partial charge is 0.352 e. The molecule has 3 aromatic rings. The fourth-order valence-corrected chi connectivity index (χ4v) is 6.17.